The molecule has 0 spiro atoms. The van der Waals surface area contributed by atoms with E-state index in [1.165, 1.54) is 6.08 Å². The molecule has 0 heterocycles. The zero-order valence-electron chi connectivity index (χ0n) is 16.4. The van der Waals surface area contributed by atoms with E-state index in [1.807, 2.05) is 30.3 Å². The van der Waals surface area contributed by atoms with Gasteiger partial charge in [0.1, 0.15) is 18.8 Å². The third kappa shape index (κ3) is 8.23. The molecule has 0 aromatic heterocycles. The minimum absolute atomic E-state index is 0.0239. The molecule has 1 aromatic carbocycles. The predicted octanol–water partition coefficient (Wildman–Crippen LogP) is 1.00. The van der Waals surface area contributed by atoms with Crippen molar-refractivity contribution in [3.63, 3.8) is 0 Å². The standard InChI is InChI=1S/C21H30N2O6/c24-17-12-16(13-18(25)19(17)26)20(27)22-10-6-1-2-7-11-23-21(28)29-14-15-8-4-3-5-9-15/h3-5,8-9,12,17-19,24-26H,1-2,6-7,10-11,13-14H2,(H,22,27)(H,23,28)/t17-,18-,19-/m1/s1. The van der Waals surface area contributed by atoms with Crippen LogP contribution in [0.15, 0.2) is 42.0 Å². The zero-order valence-corrected chi connectivity index (χ0v) is 16.4. The lowest BCUT2D eigenvalue weighted by molar-refractivity contribution is -0.119. The van der Waals surface area contributed by atoms with Crippen LogP contribution < -0.4 is 10.6 Å². The highest BCUT2D eigenvalue weighted by Gasteiger charge is 2.31. The molecule has 0 unspecified atom stereocenters. The Morgan fingerprint density at radius 2 is 1.62 bits per heavy atom. The number of benzene rings is 1. The number of aliphatic hydroxyl groups excluding tert-OH is 3. The van der Waals surface area contributed by atoms with Crippen LogP contribution >= 0.6 is 0 Å². The lowest BCUT2D eigenvalue weighted by atomic mass is 9.92. The molecule has 0 aliphatic heterocycles. The van der Waals surface area contributed by atoms with Crippen molar-refractivity contribution in [1.82, 2.24) is 10.6 Å². The Morgan fingerprint density at radius 3 is 2.28 bits per heavy atom. The maximum Gasteiger partial charge on any atom is 0.407 e. The summed E-state index contributed by atoms with van der Waals surface area (Å²) in [5, 5.41) is 34.1. The minimum atomic E-state index is -1.25. The second kappa shape index (κ2) is 12.2. The van der Waals surface area contributed by atoms with Gasteiger partial charge >= 0.3 is 6.09 Å². The number of hydrogen-bond donors (Lipinski definition) is 5. The number of carbonyl (C=O) groups is 2. The van der Waals surface area contributed by atoms with E-state index in [-0.39, 0.29) is 24.5 Å². The molecule has 29 heavy (non-hydrogen) atoms. The Labute approximate surface area is 170 Å². The van der Waals surface area contributed by atoms with Crippen molar-refractivity contribution in [3.05, 3.63) is 47.5 Å². The molecule has 1 aromatic rings. The number of amides is 2. The van der Waals surface area contributed by atoms with Crippen molar-refractivity contribution >= 4 is 12.0 Å². The van der Waals surface area contributed by atoms with Gasteiger partial charge < -0.3 is 30.7 Å². The van der Waals surface area contributed by atoms with Gasteiger partial charge in [0.15, 0.2) is 0 Å². The number of ether oxygens (including phenoxy) is 1. The highest BCUT2D eigenvalue weighted by molar-refractivity contribution is 5.93. The predicted molar refractivity (Wildman–Crippen MR) is 107 cm³/mol. The second-order valence-electron chi connectivity index (χ2n) is 7.10. The van der Waals surface area contributed by atoms with Crippen LogP contribution in [0, 0.1) is 0 Å². The Kier molecular flexibility index (Phi) is 9.63. The molecule has 1 aliphatic rings. The number of alkyl carbamates (subject to hydrolysis) is 1. The molecule has 0 fully saturated rings. The third-order valence-electron chi connectivity index (χ3n) is 4.71. The molecule has 2 amide bonds. The maximum atomic E-state index is 12.0. The Balaban J connectivity index is 1.47. The van der Waals surface area contributed by atoms with Crippen molar-refractivity contribution in [2.45, 2.75) is 57.0 Å². The molecular formula is C21H30N2O6. The molecule has 2 rings (SSSR count). The monoisotopic (exact) mass is 406 g/mol. The van der Waals surface area contributed by atoms with Crippen LogP contribution in [0.5, 0.6) is 0 Å². The Morgan fingerprint density at radius 1 is 0.966 bits per heavy atom. The number of nitrogens with one attached hydrogen (secondary N) is 2. The van der Waals surface area contributed by atoms with Gasteiger partial charge in [-0.2, -0.15) is 0 Å². The summed E-state index contributed by atoms with van der Waals surface area (Å²) >= 11 is 0. The van der Waals surface area contributed by atoms with Crippen molar-refractivity contribution in [1.29, 1.82) is 0 Å². The number of hydrogen-bond acceptors (Lipinski definition) is 6. The van der Waals surface area contributed by atoms with Crippen LogP contribution in [0.2, 0.25) is 0 Å². The summed E-state index contributed by atoms with van der Waals surface area (Å²) in [7, 11) is 0. The van der Waals surface area contributed by atoms with E-state index in [1.54, 1.807) is 0 Å². The van der Waals surface area contributed by atoms with Crippen LogP contribution in [-0.4, -0.2) is 58.7 Å². The van der Waals surface area contributed by atoms with Crippen molar-refractivity contribution in [3.8, 4) is 0 Å². The molecule has 0 radical (unpaired) electrons. The van der Waals surface area contributed by atoms with Crippen LogP contribution in [0.1, 0.15) is 37.7 Å². The lowest BCUT2D eigenvalue weighted by Crippen LogP contribution is -2.42. The van der Waals surface area contributed by atoms with Gasteiger partial charge in [-0.1, -0.05) is 43.2 Å². The molecule has 8 heteroatoms. The van der Waals surface area contributed by atoms with Crippen LogP contribution in [0.25, 0.3) is 0 Å². The van der Waals surface area contributed by atoms with Crippen molar-refractivity contribution in [2.24, 2.45) is 0 Å². The van der Waals surface area contributed by atoms with Crippen LogP contribution in [0.4, 0.5) is 4.79 Å². The molecule has 3 atom stereocenters. The van der Waals surface area contributed by atoms with E-state index in [2.05, 4.69) is 10.6 Å². The smallest absolute Gasteiger partial charge is 0.407 e. The van der Waals surface area contributed by atoms with Crippen molar-refractivity contribution < 1.29 is 29.6 Å². The quantitative estimate of drug-likeness (QED) is 0.369. The molecule has 1 aliphatic carbocycles. The minimum Gasteiger partial charge on any atom is -0.445 e. The van der Waals surface area contributed by atoms with Gasteiger partial charge in [0, 0.05) is 25.1 Å². The second-order valence-corrected chi connectivity index (χ2v) is 7.10. The molecule has 0 saturated carbocycles. The molecule has 8 nitrogen and oxygen atoms in total. The number of aliphatic hydroxyl groups is 3. The first-order chi connectivity index (χ1) is 14.0. The first-order valence-electron chi connectivity index (χ1n) is 9.95. The Hall–Kier alpha value is -2.42. The van der Waals surface area contributed by atoms with E-state index in [0.29, 0.717) is 13.1 Å². The molecular weight excluding hydrogens is 376 g/mol. The molecule has 5 N–H and O–H groups in total. The summed E-state index contributed by atoms with van der Waals surface area (Å²) in [5.74, 6) is -0.335. The highest BCUT2D eigenvalue weighted by Crippen LogP contribution is 2.19. The third-order valence-corrected chi connectivity index (χ3v) is 4.71. The van der Waals surface area contributed by atoms with Gasteiger partial charge in [0.2, 0.25) is 5.91 Å². The van der Waals surface area contributed by atoms with Crippen LogP contribution in [-0.2, 0) is 16.1 Å². The summed E-state index contributed by atoms with van der Waals surface area (Å²) in [6.07, 6.45) is 0.651. The number of carbonyl (C=O) groups excluding carboxylic acids is 2. The largest absolute Gasteiger partial charge is 0.445 e. The summed E-state index contributed by atoms with van der Waals surface area (Å²) in [4.78, 5) is 23.6. The van der Waals surface area contributed by atoms with E-state index < -0.39 is 24.4 Å². The van der Waals surface area contributed by atoms with E-state index in [9.17, 15) is 24.9 Å². The number of unbranched alkanes of at least 4 members (excludes halogenated alkanes) is 3. The fourth-order valence-corrected chi connectivity index (χ4v) is 3.00. The summed E-state index contributed by atoms with van der Waals surface area (Å²) in [6, 6.07) is 9.47. The van der Waals surface area contributed by atoms with Gasteiger partial charge in [-0.25, -0.2) is 4.79 Å². The van der Waals surface area contributed by atoms with Gasteiger partial charge in [-0.15, -0.1) is 0 Å². The summed E-state index contributed by atoms with van der Waals surface area (Å²) < 4.78 is 5.12. The average molecular weight is 406 g/mol. The summed E-state index contributed by atoms with van der Waals surface area (Å²) in [5.41, 5.74) is 1.22. The molecule has 0 saturated heterocycles. The van der Waals surface area contributed by atoms with Crippen LogP contribution in [0.3, 0.4) is 0 Å². The SMILES string of the molecule is O=C(NCCCCCCNC(=O)C1=C[C@@H](O)[C@@H](O)[C@H](O)C1)OCc1ccccc1. The number of rotatable bonds is 10. The fourth-order valence-electron chi connectivity index (χ4n) is 3.00. The van der Waals surface area contributed by atoms with E-state index in [0.717, 1.165) is 31.2 Å². The fraction of sp³-hybridized carbons (Fsp3) is 0.524. The van der Waals surface area contributed by atoms with Gasteiger partial charge in [0.05, 0.1) is 6.10 Å². The normalized spacial score (nSPS) is 21.2. The van der Waals surface area contributed by atoms with Crippen molar-refractivity contribution in [2.75, 3.05) is 13.1 Å². The topological polar surface area (TPSA) is 128 Å². The van der Waals surface area contributed by atoms with Gasteiger partial charge in [0.25, 0.3) is 0 Å². The summed E-state index contributed by atoms with van der Waals surface area (Å²) in [6.45, 7) is 1.26. The maximum absolute atomic E-state index is 12.0. The first kappa shape index (κ1) is 22.9. The van der Waals surface area contributed by atoms with Gasteiger partial charge in [-0.05, 0) is 24.5 Å². The lowest BCUT2D eigenvalue weighted by Gasteiger charge is -2.27. The molecule has 0 bridgehead atoms. The zero-order chi connectivity index (χ0) is 21.1. The molecule has 160 valence electrons. The van der Waals surface area contributed by atoms with Gasteiger partial charge in [-0.3, -0.25) is 4.79 Å². The Bertz CT molecular complexity index is 679. The van der Waals surface area contributed by atoms with E-state index in [4.69, 9.17) is 4.74 Å². The van der Waals surface area contributed by atoms with E-state index >= 15 is 0 Å². The first-order valence-corrected chi connectivity index (χ1v) is 9.95. The average Bonchev–Trinajstić information content (AvgIpc) is 2.72. The highest BCUT2D eigenvalue weighted by atomic mass is 16.5.